The van der Waals surface area contributed by atoms with Crippen LogP contribution in [0.25, 0.3) is 0 Å². The highest BCUT2D eigenvalue weighted by Gasteiger charge is 2.40. The molecule has 1 aromatic rings. The Morgan fingerprint density at radius 1 is 1.29 bits per heavy atom. The molecule has 3 rings (SSSR count). The average molecular weight is 293 g/mol. The number of carbonyl (C=O) groups is 1. The lowest BCUT2D eigenvalue weighted by Gasteiger charge is -2.50. The summed E-state index contributed by atoms with van der Waals surface area (Å²) >= 11 is 0. The van der Waals surface area contributed by atoms with Crippen LogP contribution >= 0.6 is 0 Å². The fourth-order valence-corrected chi connectivity index (χ4v) is 3.60. The van der Waals surface area contributed by atoms with E-state index in [1.54, 1.807) is 6.07 Å². The molecule has 0 atom stereocenters. The predicted molar refractivity (Wildman–Crippen MR) is 77.4 cm³/mol. The summed E-state index contributed by atoms with van der Waals surface area (Å²) in [4.78, 5) is 16.8. The summed E-state index contributed by atoms with van der Waals surface area (Å²) in [5, 5.41) is 3.69. The zero-order chi connectivity index (χ0) is 14.9. The number of nitrogens with zero attached hydrogens (tertiary/aromatic N) is 3. The fourth-order valence-electron chi connectivity index (χ4n) is 3.60. The van der Waals surface area contributed by atoms with Crippen LogP contribution in [0.1, 0.15) is 42.7 Å². The molecule has 2 aliphatic heterocycles. The Bertz CT molecular complexity index is 506. The first-order chi connectivity index (χ1) is 10.1. The molecule has 1 amide bonds. The van der Waals surface area contributed by atoms with Gasteiger partial charge in [0.05, 0.1) is 13.2 Å². The Balaban J connectivity index is 1.63. The molecule has 116 valence electrons. The first-order valence-electron chi connectivity index (χ1n) is 7.66. The second-order valence-electron chi connectivity index (χ2n) is 6.13. The lowest BCUT2D eigenvalue weighted by atomic mass is 9.79. The van der Waals surface area contributed by atoms with E-state index in [-0.39, 0.29) is 11.7 Å². The van der Waals surface area contributed by atoms with Crippen molar-refractivity contribution in [3.8, 4) is 5.88 Å². The van der Waals surface area contributed by atoms with Crippen molar-refractivity contribution in [1.29, 1.82) is 0 Å². The van der Waals surface area contributed by atoms with Crippen LogP contribution in [0.5, 0.6) is 5.88 Å². The quantitative estimate of drug-likeness (QED) is 0.832. The normalized spacial score (nSPS) is 22.5. The summed E-state index contributed by atoms with van der Waals surface area (Å²) in [6.45, 7) is 2.74. The van der Waals surface area contributed by atoms with Crippen LogP contribution in [0.2, 0.25) is 0 Å². The summed E-state index contributed by atoms with van der Waals surface area (Å²) in [5.41, 5.74) is 0.300. The number of hydrogen-bond acceptors (Lipinski definition) is 5. The molecule has 2 saturated heterocycles. The van der Waals surface area contributed by atoms with Gasteiger partial charge in [-0.3, -0.25) is 4.79 Å². The molecule has 21 heavy (non-hydrogen) atoms. The van der Waals surface area contributed by atoms with Crippen molar-refractivity contribution in [1.82, 2.24) is 15.0 Å². The third kappa shape index (κ3) is 2.64. The largest absolute Gasteiger partial charge is 0.479 e. The Hall–Kier alpha value is -1.56. The van der Waals surface area contributed by atoms with Crippen LogP contribution in [-0.4, -0.2) is 60.2 Å². The van der Waals surface area contributed by atoms with Crippen molar-refractivity contribution in [3.63, 3.8) is 0 Å². The van der Waals surface area contributed by atoms with Crippen molar-refractivity contribution >= 4 is 5.91 Å². The van der Waals surface area contributed by atoms with E-state index in [4.69, 9.17) is 9.26 Å². The Morgan fingerprint density at radius 2 is 2.05 bits per heavy atom. The molecule has 0 bridgehead atoms. The number of piperidine rings is 2. The lowest BCUT2D eigenvalue weighted by molar-refractivity contribution is 0.00982. The van der Waals surface area contributed by atoms with Crippen molar-refractivity contribution < 1.29 is 14.1 Å². The van der Waals surface area contributed by atoms with Gasteiger partial charge in [-0.15, -0.1) is 0 Å². The van der Waals surface area contributed by atoms with Gasteiger partial charge in [-0.25, -0.2) is 0 Å². The highest BCUT2D eigenvalue weighted by atomic mass is 16.5. The lowest BCUT2D eigenvalue weighted by Crippen LogP contribution is -2.56. The minimum absolute atomic E-state index is 0.0842. The first-order valence-corrected chi connectivity index (χ1v) is 7.66. The van der Waals surface area contributed by atoms with Crippen LogP contribution < -0.4 is 4.74 Å². The average Bonchev–Trinajstić information content (AvgIpc) is 2.99. The molecule has 1 aromatic heterocycles. The maximum Gasteiger partial charge on any atom is 0.292 e. The van der Waals surface area contributed by atoms with Gasteiger partial charge in [0.1, 0.15) is 0 Å². The Morgan fingerprint density at radius 3 is 2.67 bits per heavy atom. The smallest absolute Gasteiger partial charge is 0.292 e. The number of rotatable bonds is 2. The second-order valence-corrected chi connectivity index (χ2v) is 6.13. The monoisotopic (exact) mass is 293 g/mol. The minimum atomic E-state index is -0.0842. The van der Waals surface area contributed by atoms with E-state index >= 15 is 0 Å². The standard InChI is InChI=1S/C15H23N3O3/c1-17-8-4-3-5-15(17)6-9-18(10-7-15)14(19)12-11-13(20-2)16-21-12/h11H,3-10H2,1-2H3. The molecule has 0 unspecified atom stereocenters. The van der Waals surface area contributed by atoms with Crippen LogP contribution in [0.3, 0.4) is 0 Å². The van der Waals surface area contributed by atoms with E-state index in [0.29, 0.717) is 11.4 Å². The van der Waals surface area contributed by atoms with Gasteiger partial charge in [0.2, 0.25) is 5.76 Å². The SMILES string of the molecule is COc1cc(C(=O)N2CCC3(CCCCN3C)CC2)on1. The zero-order valence-corrected chi connectivity index (χ0v) is 12.8. The maximum absolute atomic E-state index is 12.4. The third-order valence-corrected chi connectivity index (χ3v) is 5.09. The number of aromatic nitrogens is 1. The van der Waals surface area contributed by atoms with E-state index in [0.717, 1.165) is 25.9 Å². The molecule has 6 heteroatoms. The van der Waals surface area contributed by atoms with Crippen molar-refractivity contribution in [2.24, 2.45) is 0 Å². The number of amides is 1. The van der Waals surface area contributed by atoms with Gasteiger partial charge < -0.3 is 19.1 Å². The van der Waals surface area contributed by atoms with Crippen LogP contribution in [0, 0.1) is 0 Å². The number of carbonyl (C=O) groups excluding carboxylic acids is 1. The van der Waals surface area contributed by atoms with Gasteiger partial charge in [-0.2, -0.15) is 0 Å². The van der Waals surface area contributed by atoms with Crippen molar-refractivity contribution in [2.45, 2.75) is 37.6 Å². The molecule has 0 N–H and O–H groups in total. The number of likely N-dealkylation sites (tertiary alicyclic amines) is 2. The maximum atomic E-state index is 12.4. The summed E-state index contributed by atoms with van der Waals surface area (Å²) in [5.74, 6) is 0.526. The van der Waals surface area contributed by atoms with Crippen LogP contribution in [0.4, 0.5) is 0 Å². The van der Waals surface area contributed by atoms with E-state index in [2.05, 4.69) is 17.1 Å². The number of methoxy groups -OCH3 is 1. The van der Waals surface area contributed by atoms with Gasteiger partial charge in [0.25, 0.3) is 11.8 Å². The second kappa shape index (κ2) is 5.67. The van der Waals surface area contributed by atoms with E-state index in [9.17, 15) is 4.79 Å². The predicted octanol–water partition coefficient (Wildman–Crippen LogP) is 1.77. The van der Waals surface area contributed by atoms with E-state index < -0.39 is 0 Å². The molecule has 2 aliphatic rings. The molecule has 0 saturated carbocycles. The van der Waals surface area contributed by atoms with Gasteiger partial charge in [-0.1, -0.05) is 6.42 Å². The fraction of sp³-hybridized carbons (Fsp3) is 0.733. The molecule has 2 fully saturated rings. The van der Waals surface area contributed by atoms with Gasteiger partial charge in [0, 0.05) is 18.6 Å². The highest BCUT2D eigenvalue weighted by molar-refractivity contribution is 5.91. The van der Waals surface area contributed by atoms with Crippen LogP contribution in [0.15, 0.2) is 10.6 Å². The van der Waals surface area contributed by atoms with Crippen molar-refractivity contribution in [2.75, 3.05) is 33.8 Å². The minimum Gasteiger partial charge on any atom is -0.479 e. The van der Waals surface area contributed by atoms with Gasteiger partial charge in [-0.05, 0) is 44.4 Å². The van der Waals surface area contributed by atoms with E-state index in [1.807, 2.05) is 4.90 Å². The Labute approximate surface area is 125 Å². The molecular weight excluding hydrogens is 270 g/mol. The molecule has 0 aliphatic carbocycles. The zero-order valence-electron chi connectivity index (χ0n) is 12.8. The first kappa shape index (κ1) is 14.4. The molecule has 0 aromatic carbocycles. The number of ether oxygens (including phenoxy) is 1. The highest BCUT2D eigenvalue weighted by Crippen LogP contribution is 2.36. The topological polar surface area (TPSA) is 58.8 Å². The molecular formula is C15H23N3O3. The van der Waals surface area contributed by atoms with Crippen molar-refractivity contribution in [3.05, 3.63) is 11.8 Å². The third-order valence-electron chi connectivity index (χ3n) is 5.09. The molecule has 0 radical (unpaired) electrons. The number of hydrogen-bond donors (Lipinski definition) is 0. The summed E-state index contributed by atoms with van der Waals surface area (Å²) in [6, 6.07) is 1.56. The van der Waals surface area contributed by atoms with E-state index in [1.165, 1.54) is 32.9 Å². The Kier molecular flexibility index (Phi) is 3.89. The molecule has 1 spiro atoms. The summed E-state index contributed by atoms with van der Waals surface area (Å²) < 4.78 is 10.0. The summed E-state index contributed by atoms with van der Waals surface area (Å²) in [7, 11) is 3.73. The molecule has 3 heterocycles. The summed E-state index contributed by atoms with van der Waals surface area (Å²) in [6.07, 6.45) is 5.93. The van der Waals surface area contributed by atoms with Gasteiger partial charge in [0.15, 0.2) is 0 Å². The van der Waals surface area contributed by atoms with Crippen LogP contribution in [-0.2, 0) is 0 Å². The van der Waals surface area contributed by atoms with Gasteiger partial charge >= 0.3 is 0 Å². The molecule has 6 nitrogen and oxygen atoms in total.